The van der Waals surface area contributed by atoms with Crippen molar-refractivity contribution in [3.05, 3.63) is 29.8 Å². The molecule has 0 saturated carbocycles. The first kappa shape index (κ1) is 32.2. The third kappa shape index (κ3) is 12.3. The largest absolute Gasteiger partial charge is 0.508 e. The van der Waals surface area contributed by atoms with Crippen molar-refractivity contribution in [1.82, 2.24) is 16.0 Å². The van der Waals surface area contributed by atoms with Crippen LogP contribution in [0.3, 0.4) is 0 Å². The van der Waals surface area contributed by atoms with Crippen LogP contribution < -0.4 is 33.2 Å². The molecule has 0 bridgehead atoms. The van der Waals surface area contributed by atoms with E-state index in [0.29, 0.717) is 50.8 Å². The Bertz CT molecular complexity index is 872. The van der Waals surface area contributed by atoms with Crippen molar-refractivity contribution in [3.63, 3.8) is 0 Å². The monoisotopic (exact) mass is 540 g/mol. The number of benzene rings is 1. The average Bonchev–Trinajstić information content (AvgIpc) is 2.87. The van der Waals surface area contributed by atoms with Crippen LogP contribution in [0.2, 0.25) is 0 Å². The lowest BCUT2D eigenvalue weighted by Crippen LogP contribution is -2.58. The number of unbranched alkanes of at least 4 members (excludes halogenated alkanes) is 2. The summed E-state index contributed by atoms with van der Waals surface area (Å²) in [6.07, 6.45) is 3.12. The van der Waals surface area contributed by atoms with E-state index in [1.807, 2.05) is 0 Å². The fourth-order valence-corrected chi connectivity index (χ4v) is 3.74. The Labute approximate surface area is 222 Å². The lowest BCUT2D eigenvalue weighted by atomic mass is 10.0. The number of carbonyl (C=O) groups is 4. The molecule has 13 heteroatoms. The normalized spacial score (nSPS) is 14.2. The van der Waals surface area contributed by atoms with Crippen LogP contribution in [0.5, 0.6) is 5.75 Å². The number of phenolic OH excluding ortho intramolecular Hbond substituents is 1. The number of hydrogen-bond donors (Lipinski definition) is 9. The first-order chi connectivity index (χ1) is 17.6. The van der Waals surface area contributed by atoms with Crippen LogP contribution in [0.15, 0.2) is 24.3 Å². The van der Waals surface area contributed by atoms with Crippen LogP contribution in [0.25, 0.3) is 0 Å². The molecule has 208 valence electrons. The van der Waals surface area contributed by atoms with Crippen molar-refractivity contribution in [2.75, 3.05) is 18.8 Å². The van der Waals surface area contributed by atoms with E-state index < -0.39 is 47.9 Å². The summed E-state index contributed by atoms with van der Waals surface area (Å²) in [6, 6.07) is 1.87. The van der Waals surface area contributed by atoms with Crippen LogP contribution in [-0.4, -0.2) is 76.9 Å². The number of phenols is 1. The molecule has 4 unspecified atom stereocenters. The number of aliphatic carboxylic acids is 1. The van der Waals surface area contributed by atoms with Gasteiger partial charge in [0.15, 0.2) is 0 Å². The van der Waals surface area contributed by atoms with E-state index in [1.54, 1.807) is 12.1 Å². The van der Waals surface area contributed by atoms with E-state index in [9.17, 15) is 29.4 Å². The maximum Gasteiger partial charge on any atom is 0.326 e. The van der Waals surface area contributed by atoms with Gasteiger partial charge in [-0.1, -0.05) is 18.6 Å². The van der Waals surface area contributed by atoms with Gasteiger partial charge in [0.25, 0.3) is 0 Å². The number of rotatable bonds is 18. The zero-order chi connectivity index (χ0) is 27.8. The van der Waals surface area contributed by atoms with Gasteiger partial charge < -0.3 is 43.4 Å². The van der Waals surface area contributed by atoms with E-state index in [0.717, 1.165) is 0 Å². The Kier molecular flexibility index (Phi) is 15.3. The predicted molar refractivity (Wildman–Crippen MR) is 143 cm³/mol. The van der Waals surface area contributed by atoms with Gasteiger partial charge >= 0.3 is 5.97 Å². The second-order valence-electron chi connectivity index (χ2n) is 8.75. The highest BCUT2D eigenvalue weighted by Gasteiger charge is 2.29. The van der Waals surface area contributed by atoms with Crippen LogP contribution in [0, 0.1) is 0 Å². The molecule has 0 aromatic heterocycles. The second-order valence-corrected chi connectivity index (χ2v) is 9.12. The molecule has 4 atom stereocenters. The molecule has 0 spiro atoms. The minimum Gasteiger partial charge on any atom is -0.508 e. The molecule has 0 heterocycles. The number of nitrogens with two attached hydrogens (primary N) is 3. The van der Waals surface area contributed by atoms with Crippen molar-refractivity contribution in [2.24, 2.45) is 17.2 Å². The summed E-state index contributed by atoms with van der Waals surface area (Å²) in [7, 11) is 0. The molecule has 11 N–H and O–H groups in total. The maximum atomic E-state index is 13.2. The van der Waals surface area contributed by atoms with Crippen molar-refractivity contribution in [3.8, 4) is 5.75 Å². The quantitative estimate of drug-likeness (QED) is 0.0820. The molecular formula is C24H40N6O6S. The lowest BCUT2D eigenvalue weighted by molar-refractivity contribution is -0.142. The number of carboxylic acid groups (broad SMARTS) is 1. The van der Waals surface area contributed by atoms with Crippen molar-refractivity contribution >= 4 is 36.3 Å². The summed E-state index contributed by atoms with van der Waals surface area (Å²) in [6.45, 7) is 0.879. The van der Waals surface area contributed by atoms with Crippen LogP contribution in [-0.2, 0) is 25.6 Å². The minimum atomic E-state index is -1.20. The van der Waals surface area contributed by atoms with Gasteiger partial charge in [-0.25, -0.2) is 4.79 Å². The van der Waals surface area contributed by atoms with E-state index in [2.05, 4.69) is 28.6 Å². The molecule has 0 aliphatic carbocycles. The minimum absolute atomic E-state index is 0.0435. The predicted octanol–water partition coefficient (Wildman–Crippen LogP) is -1.01. The molecule has 0 aliphatic rings. The van der Waals surface area contributed by atoms with Gasteiger partial charge in [0.2, 0.25) is 17.7 Å². The van der Waals surface area contributed by atoms with Crippen molar-refractivity contribution in [1.29, 1.82) is 0 Å². The van der Waals surface area contributed by atoms with Gasteiger partial charge in [0.1, 0.15) is 23.9 Å². The number of thiol groups is 1. The molecule has 0 radical (unpaired) electrons. The highest BCUT2D eigenvalue weighted by molar-refractivity contribution is 7.80. The second kappa shape index (κ2) is 17.6. The van der Waals surface area contributed by atoms with E-state index in [-0.39, 0.29) is 24.3 Å². The summed E-state index contributed by atoms with van der Waals surface area (Å²) < 4.78 is 0. The topological polar surface area (TPSA) is 223 Å². The van der Waals surface area contributed by atoms with Gasteiger partial charge in [-0.05, 0) is 62.9 Å². The third-order valence-electron chi connectivity index (χ3n) is 5.69. The van der Waals surface area contributed by atoms with Gasteiger partial charge in [0.05, 0.1) is 6.04 Å². The van der Waals surface area contributed by atoms with Crippen molar-refractivity contribution < 1.29 is 29.4 Å². The third-order valence-corrected chi connectivity index (χ3v) is 6.06. The summed E-state index contributed by atoms with van der Waals surface area (Å²) in [5.41, 5.74) is 17.5. The molecular weight excluding hydrogens is 500 g/mol. The highest BCUT2D eigenvalue weighted by Crippen LogP contribution is 2.12. The van der Waals surface area contributed by atoms with Gasteiger partial charge in [-0.15, -0.1) is 0 Å². The molecule has 0 saturated heterocycles. The standard InChI is InChI=1S/C24H40N6O6S/c25-11-3-1-5-17(27)21(32)29-19(13-15-7-9-16(31)10-8-15)22(33)30-20(14-37)23(34)28-18(24(35)36)6-2-4-12-26/h7-10,17-20,31,37H,1-6,11-14,25-27H2,(H,28,34)(H,29,32)(H,30,33)(H,35,36). The molecule has 1 aromatic carbocycles. The lowest BCUT2D eigenvalue weighted by Gasteiger charge is -2.24. The summed E-state index contributed by atoms with van der Waals surface area (Å²) in [5, 5.41) is 26.6. The summed E-state index contributed by atoms with van der Waals surface area (Å²) >= 11 is 4.13. The van der Waals surface area contributed by atoms with E-state index >= 15 is 0 Å². The molecule has 3 amide bonds. The van der Waals surface area contributed by atoms with Crippen LogP contribution in [0.1, 0.15) is 44.1 Å². The number of hydrogen-bond acceptors (Lipinski definition) is 9. The Morgan fingerprint density at radius 1 is 0.784 bits per heavy atom. The van der Waals surface area contributed by atoms with Crippen LogP contribution >= 0.6 is 12.6 Å². The number of carbonyl (C=O) groups excluding carboxylic acids is 3. The van der Waals surface area contributed by atoms with E-state index in [4.69, 9.17) is 17.2 Å². The first-order valence-corrected chi connectivity index (χ1v) is 12.9. The fourth-order valence-electron chi connectivity index (χ4n) is 3.48. The number of aromatic hydroxyl groups is 1. The Morgan fingerprint density at radius 2 is 1.30 bits per heavy atom. The van der Waals surface area contributed by atoms with Crippen molar-refractivity contribution in [2.45, 2.75) is 69.1 Å². The zero-order valence-electron chi connectivity index (χ0n) is 20.9. The molecule has 12 nitrogen and oxygen atoms in total. The van der Waals surface area contributed by atoms with Crippen LogP contribution in [0.4, 0.5) is 0 Å². The molecule has 1 rings (SSSR count). The molecule has 1 aromatic rings. The van der Waals surface area contributed by atoms with Gasteiger partial charge in [-0.3, -0.25) is 14.4 Å². The molecule has 0 fully saturated rings. The van der Waals surface area contributed by atoms with Gasteiger partial charge in [-0.2, -0.15) is 12.6 Å². The SMILES string of the molecule is NCCCCC(N)C(=O)NC(Cc1ccc(O)cc1)C(=O)NC(CS)C(=O)NC(CCCCN)C(=O)O. The molecule has 0 aliphatic heterocycles. The average molecular weight is 541 g/mol. The fraction of sp³-hybridized carbons (Fsp3) is 0.583. The Morgan fingerprint density at radius 3 is 1.84 bits per heavy atom. The number of nitrogens with one attached hydrogen (secondary N) is 3. The smallest absolute Gasteiger partial charge is 0.326 e. The summed E-state index contributed by atoms with van der Waals surface area (Å²) in [5.74, 6) is -3.17. The first-order valence-electron chi connectivity index (χ1n) is 12.3. The summed E-state index contributed by atoms with van der Waals surface area (Å²) in [4.78, 5) is 50.1. The zero-order valence-corrected chi connectivity index (χ0v) is 21.8. The van der Waals surface area contributed by atoms with Gasteiger partial charge in [0, 0.05) is 12.2 Å². The Balaban J connectivity index is 2.95. The van der Waals surface area contributed by atoms with E-state index in [1.165, 1.54) is 12.1 Å². The number of carboxylic acids is 1. The number of amides is 3. The maximum absolute atomic E-state index is 13.2. The molecule has 37 heavy (non-hydrogen) atoms. The highest BCUT2D eigenvalue weighted by atomic mass is 32.1. The Hall–Kier alpha value is -2.87.